The van der Waals surface area contributed by atoms with E-state index in [1.165, 1.54) is 18.2 Å². The second-order valence-corrected chi connectivity index (χ2v) is 6.52. The van der Waals surface area contributed by atoms with Crippen LogP contribution in [0.15, 0.2) is 27.6 Å². The van der Waals surface area contributed by atoms with Crippen LogP contribution in [0.1, 0.15) is 13.3 Å². The number of hydrogen-bond donors (Lipinski definition) is 2. The largest absolute Gasteiger partial charge is 0.392 e. The molecule has 0 aliphatic heterocycles. The fourth-order valence-corrected chi connectivity index (χ4v) is 2.82. The van der Waals surface area contributed by atoms with E-state index < -0.39 is 16.1 Å². The Hall–Kier alpha value is -0.140. The maximum absolute atomic E-state index is 11.8. The summed E-state index contributed by atoms with van der Waals surface area (Å²) < 4.78 is 26.5. The van der Waals surface area contributed by atoms with Crippen molar-refractivity contribution in [3.8, 4) is 0 Å². The molecule has 0 saturated carbocycles. The third kappa shape index (κ3) is 4.22. The molecule has 96 valence electrons. The quantitative estimate of drug-likeness (QED) is 0.861. The van der Waals surface area contributed by atoms with E-state index in [0.29, 0.717) is 15.9 Å². The number of hydrogen-bond acceptors (Lipinski definition) is 3. The average molecular weight is 343 g/mol. The first kappa shape index (κ1) is 14.9. The van der Waals surface area contributed by atoms with E-state index in [0.717, 1.165) is 0 Å². The molecule has 0 amide bonds. The van der Waals surface area contributed by atoms with Crippen LogP contribution in [0.3, 0.4) is 0 Å². The number of rotatable bonds is 5. The highest BCUT2D eigenvalue weighted by Crippen LogP contribution is 2.25. The predicted molar refractivity (Wildman–Crippen MR) is 70.6 cm³/mol. The zero-order chi connectivity index (χ0) is 13.1. The van der Waals surface area contributed by atoms with Crippen LogP contribution in [0.25, 0.3) is 0 Å². The molecule has 1 unspecified atom stereocenters. The highest BCUT2D eigenvalue weighted by atomic mass is 79.9. The monoisotopic (exact) mass is 341 g/mol. The zero-order valence-corrected chi connectivity index (χ0v) is 12.3. The van der Waals surface area contributed by atoms with Gasteiger partial charge in [-0.05, 0) is 40.5 Å². The molecule has 0 aliphatic rings. The van der Waals surface area contributed by atoms with Crippen LogP contribution in [0.2, 0.25) is 5.02 Å². The van der Waals surface area contributed by atoms with Gasteiger partial charge in [0.05, 0.1) is 16.0 Å². The number of sulfonamides is 1. The Morgan fingerprint density at radius 2 is 2.18 bits per heavy atom. The molecule has 2 N–H and O–H groups in total. The molecule has 0 bridgehead atoms. The Labute approximate surface area is 114 Å². The molecule has 7 heteroatoms. The minimum Gasteiger partial charge on any atom is -0.392 e. The number of aliphatic hydroxyl groups is 1. The Morgan fingerprint density at radius 3 is 2.71 bits per heavy atom. The van der Waals surface area contributed by atoms with E-state index in [-0.39, 0.29) is 11.4 Å². The maximum atomic E-state index is 11.8. The van der Waals surface area contributed by atoms with Crippen molar-refractivity contribution in [2.45, 2.75) is 24.3 Å². The number of nitrogens with one attached hydrogen (secondary N) is 1. The van der Waals surface area contributed by atoms with Gasteiger partial charge in [0.2, 0.25) is 10.0 Å². The topological polar surface area (TPSA) is 66.4 Å². The van der Waals surface area contributed by atoms with Gasteiger partial charge in [-0.1, -0.05) is 18.5 Å². The Bertz CT molecular complexity index is 492. The average Bonchev–Trinajstić information content (AvgIpc) is 2.29. The Kier molecular flexibility index (Phi) is 5.40. The lowest BCUT2D eigenvalue weighted by Gasteiger charge is -2.10. The minimum atomic E-state index is -3.60. The van der Waals surface area contributed by atoms with E-state index >= 15 is 0 Å². The standard InChI is InChI=1S/C10H13BrClNO3S/c1-2-7(14)6-13-17(15,16)8-3-4-10(12)9(11)5-8/h3-5,7,13-14H,2,6H2,1H3. The van der Waals surface area contributed by atoms with E-state index in [4.69, 9.17) is 11.6 Å². The van der Waals surface area contributed by atoms with E-state index in [1.54, 1.807) is 6.92 Å². The Morgan fingerprint density at radius 1 is 1.53 bits per heavy atom. The van der Waals surface area contributed by atoms with E-state index in [9.17, 15) is 13.5 Å². The van der Waals surface area contributed by atoms with Crippen LogP contribution in [-0.2, 0) is 10.0 Å². The summed E-state index contributed by atoms with van der Waals surface area (Å²) in [6.07, 6.45) is -0.187. The number of halogens is 2. The third-order valence-corrected chi connectivity index (χ3v) is 4.82. The van der Waals surface area contributed by atoms with Gasteiger partial charge in [0.25, 0.3) is 0 Å². The highest BCUT2D eigenvalue weighted by molar-refractivity contribution is 9.10. The molecule has 1 rings (SSSR count). The molecule has 0 aliphatic carbocycles. The van der Waals surface area contributed by atoms with E-state index in [2.05, 4.69) is 20.7 Å². The van der Waals surface area contributed by atoms with Crippen molar-refractivity contribution in [2.24, 2.45) is 0 Å². The van der Waals surface area contributed by atoms with Crippen molar-refractivity contribution in [3.63, 3.8) is 0 Å². The van der Waals surface area contributed by atoms with E-state index in [1.807, 2.05) is 0 Å². The summed E-state index contributed by atoms with van der Waals surface area (Å²) in [6.45, 7) is 1.77. The molecule has 0 radical (unpaired) electrons. The third-order valence-electron chi connectivity index (χ3n) is 2.18. The second-order valence-electron chi connectivity index (χ2n) is 3.49. The van der Waals surface area contributed by atoms with Gasteiger partial charge in [0, 0.05) is 11.0 Å². The van der Waals surface area contributed by atoms with Crippen LogP contribution >= 0.6 is 27.5 Å². The summed E-state index contributed by atoms with van der Waals surface area (Å²) in [5, 5.41) is 9.75. The molecule has 0 spiro atoms. The summed E-state index contributed by atoms with van der Waals surface area (Å²) >= 11 is 8.94. The smallest absolute Gasteiger partial charge is 0.240 e. The van der Waals surface area contributed by atoms with Gasteiger partial charge in [-0.25, -0.2) is 13.1 Å². The van der Waals surface area contributed by atoms with Gasteiger partial charge in [-0.15, -0.1) is 0 Å². The fraction of sp³-hybridized carbons (Fsp3) is 0.400. The first-order chi connectivity index (χ1) is 7.86. The van der Waals surface area contributed by atoms with Gasteiger partial charge in [0.1, 0.15) is 0 Å². The van der Waals surface area contributed by atoms with Crippen LogP contribution in [0, 0.1) is 0 Å². The number of benzene rings is 1. The van der Waals surface area contributed by atoms with Crippen LogP contribution in [0.4, 0.5) is 0 Å². The van der Waals surface area contributed by atoms with Gasteiger partial charge >= 0.3 is 0 Å². The Balaban J connectivity index is 2.86. The van der Waals surface area contributed by atoms with Gasteiger partial charge < -0.3 is 5.11 Å². The molecule has 0 saturated heterocycles. The number of aliphatic hydroxyl groups excluding tert-OH is 1. The predicted octanol–water partition coefficient (Wildman–Crippen LogP) is 2.15. The van der Waals surface area contributed by atoms with Crippen molar-refractivity contribution in [1.29, 1.82) is 0 Å². The van der Waals surface area contributed by atoms with Crippen molar-refractivity contribution >= 4 is 37.6 Å². The van der Waals surface area contributed by atoms with Crippen molar-refractivity contribution in [3.05, 3.63) is 27.7 Å². The van der Waals surface area contributed by atoms with Gasteiger partial charge in [-0.2, -0.15) is 0 Å². The SMILES string of the molecule is CCC(O)CNS(=O)(=O)c1ccc(Cl)c(Br)c1. The molecular weight excluding hydrogens is 330 g/mol. The summed E-state index contributed by atoms with van der Waals surface area (Å²) in [5.41, 5.74) is 0. The summed E-state index contributed by atoms with van der Waals surface area (Å²) in [4.78, 5) is 0.108. The summed E-state index contributed by atoms with van der Waals surface area (Å²) in [5.74, 6) is 0. The summed E-state index contributed by atoms with van der Waals surface area (Å²) in [6, 6.07) is 4.33. The van der Waals surface area contributed by atoms with Crippen molar-refractivity contribution in [1.82, 2.24) is 4.72 Å². The van der Waals surface area contributed by atoms with Crippen molar-refractivity contribution < 1.29 is 13.5 Å². The lowest BCUT2D eigenvalue weighted by atomic mass is 10.3. The normalized spacial score (nSPS) is 13.6. The first-order valence-electron chi connectivity index (χ1n) is 4.99. The maximum Gasteiger partial charge on any atom is 0.240 e. The molecule has 0 aromatic heterocycles. The molecule has 0 fully saturated rings. The molecular formula is C10H13BrClNO3S. The molecule has 1 atom stereocenters. The minimum absolute atomic E-state index is 0.000914. The molecule has 0 heterocycles. The van der Waals surface area contributed by atoms with Crippen LogP contribution in [0.5, 0.6) is 0 Å². The van der Waals surface area contributed by atoms with Gasteiger partial charge in [-0.3, -0.25) is 0 Å². The van der Waals surface area contributed by atoms with Crippen molar-refractivity contribution in [2.75, 3.05) is 6.54 Å². The fourth-order valence-electron chi connectivity index (χ4n) is 1.08. The molecule has 1 aromatic carbocycles. The molecule has 17 heavy (non-hydrogen) atoms. The van der Waals surface area contributed by atoms with Crippen LogP contribution in [-0.4, -0.2) is 26.2 Å². The summed E-state index contributed by atoms with van der Waals surface area (Å²) in [7, 11) is -3.60. The first-order valence-corrected chi connectivity index (χ1v) is 7.65. The van der Waals surface area contributed by atoms with Crippen LogP contribution < -0.4 is 4.72 Å². The highest BCUT2D eigenvalue weighted by Gasteiger charge is 2.16. The van der Waals surface area contributed by atoms with Gasteiger partial charge in [0.15, 0.2) is 0 Å². The lowest BCUT2D eigenvalue weighted by Crippen LogP contribution is -2.31. The molecule has 1 aromatic rings. The second kappa shape index (κ2) is 6.15. The molecule has 4 nitrogen and oxygen atoms in total. The lowest BCUT2D eigenvalue weighted by molar-refractivity contribution is 0.174. The zero-order valence-electron chi connectivity index (χ0n) is 9.15.